The van der Waals surface area contributed by atoms with Crippen molar-refractivity contribution in [3.8, 4) is 0 Å². The Morgan fingerprint density at radius 1 is 1.35 bits per heavy atom. The second kappa shape index (κ2) is 3.94. The molecule has 0 saturated carbocycles. The van der Waals surface area contributed by atoms with E-state index < -0.39 is 0 Å². The first-order valence-corrected chi connectivity index (χ1v) is 6.07. The van der Waals surface area contributed by atoms with Crippen molar-refractivity contribution in [2.24, 2.45) is 0 Å². The predicted octanol–water partition coefficient (Wildman–Crippen LogP) is -0.146. The van der Waals surface area contributed by atoms with Crippen LogP contribution in [0.2, 0.25) is 0 Å². The number of carbonyl (C=O) groups excluding carboxylic acids is 2. The topological polar surface area (TPSA) is 66.7 Å². The predicted molar refractivity (Wildman–Crippen MR) is 61.5 cm³/mol. The van der Waals surface area contributed by atoms with Gasteiger partial charge in [0.2, 0.25) is 11.8 Å². The highest BCUT2D eigenvalue weighted by Gasteiger charge is 2.26. The van der Waals surface area contributed by atoms with E-state index in [-0.39, 0.29) is 31.4 Å². The van der Waals surface area contributed by atoms with Gasteiger partial charge in [0, 0.05) is 17.8 Å². The van der Waals surface area contributed by atoms with Crippen LogP contribution < -0.4 is 5.32 Å². The van der Waals surface area contributed by atoms with Gasteiger partial charge in [-0.25, -0.2) is 4.98 Å². The zero-order valence-electron chi connectivity index (χ0n) is 8.92. The Kier molecular flexibility index (Phi) is 2.41. The maximum absolute atomic E-state index is 11.6. The van der Waals surface area contributed by atoms with Crippen molar-refractivity contribution in [2.75, 3.05) is 13.1 Å². The van der Waals surface area contributed by atoms with Gasteiger partial charge in [0.15, 0.2) is 4.96 Å². The number of amides is 2. The van der Waals surface area contributed by atoms with Crippen LogP contribution in [0.1, 0.15) is 5.69 Å². The second-order valence-electron chi connectivity index (χ2n) is 3.80. The van der Waals surface area contributed by atoms with E-state index in [1.54, 1.807) is 0 Å². The zero-order chi connectivity index (χ0) is 11.8. The van der Waals surface area contributed by atoms with Crippen molar-refractivity contribution in [1.82, 2.24) is 19.6 Å². The highest BCUT2D eigenvalue weighted by molar-refractivity contribution is 7.15. The third-order valence-corrected chi connectivity index (χ3v) is 3.39. The van der Waals surface area contributed by atoms with Gasteiger partial charge in [0.25, 0.3) is 0 Å². The van der Waals surface area contributed by atoms with Gasteiger partial charge >= 0.3 is 0 Å². The number of hydrogen-bond acceptors (Lipinski definition) is 5. The maximum atomic E-state index is 11.6. The van der Waals surface area contributed by atoms with Crippen LogP contribution in [-0.2, 0) is 16.1 Å². The van der Waals surface area contributed by atoms with Crippen LogP contribution in [0, 0.1) is 0 Å². The molecule has 17 heavy (non-hydrogen) atoms. The van der Waals surface area contributed by atoms with E-state index in [0.29, 0.717) is 0 Å². The van der Waals surface area contributed by atoms with E-state index >= 15 is 0 Å². The summed E-state index contributed by atoms with van der Waals surface area (Å²) in [6.07, 6.45) is 3.74. The third-order valence-electron chi connectivity index (χ3n) is 2.62. The summed E-state index contributed by atoms with van der Waals surface area (Å²) < 4.78 is 1.89. The summed E-state index contributed by atoms with van der Waals surface area (Å²) in [5, 5.41) is 4.70. The van der Waals surface area contributed by atoms with Crippen molar-refractivity contribution in [1.29, 1.82) is 0 Å². The van der Waals surface area contributed by atoms with Crippen LogP contribution in [0.25, 0.3) is 4.96 Å². The minimum atomic E-state index is -0.197. The van der Waals surface area contributed by atoms with Crippen LogP contribution in [0.3, 0.4) is 0 Å². The molecule has 1 aliphatic heterocycles. The normalized spacial score (nSPS) is 17.1. The third kappa shape index (κ3) is 1.83. The Balaban J connectivity index is 1.84. The first kappa shape index (κ1) is 10.4. The molecule has 7 heteroatoms. The highest BCUT2D eigenvalue weighted by atomic mass is 32.1. The molecule has 1 saturated heterocycles. The highest BCUT2D eigenvalue weighted by Crippen LogP contribution is 2.13. The number of fused-ring (bicyclic) bond motifs is 1. The molecule has 88 valence electrons. The molecule has 1 N–H and O–H groups in total. The molecule has 0 spiro atoms. The molecular weight excluding hydrogens is 240 g/mol. The number of carbonyl (C=O) groups is 2. The summed E-state index contributed by atoms with van der Waals surface area (Å²) >= 11 is 1.52. The smallest absolute Gasteiger partial charge is 0.243 e. The molecule has 2 aromatic rings. The molecule has 2 aromatic heterocycles. The second-order valence-corrected chi connectivity index (χ2v) is 4.68. The van der Waals surface area contributed by atoms with Gasteiger partial charge in [0.05, 0.1) is 25.3 Å². The van der Waals surface area contributed by atoms with E-state index in [1.165, 1.54) is 16.2 Å². The molecule has 2 amide bonds. The molecule has 1 fully saturated rings. The average molecular weight is 250 g/mol. The van der Waals surface area contributed by atoms with E-state index in [2.05, 4.69) is 10.3 Å². The number of imide groups is 1. The van der Waals surface area contributed by atoms with E-state index in [4.69, 9.17) is 0 Å². The zero-order valence-corrected chi connectivity index (χ0v) is 9.74. The standard InChI is InChI=1S/C10H10N4O2S/c15-8-3-11-4-9(16)14(8)6-7-5-13-1-2-17-10(13)12-7/h1-2,5,11H,3-4,6H2. The SMILES string of the molecule is O=C1CNCC(=O)N1Cc1cn2ccsc2n1. The minimum Gasteiger partial charge on any atom is -0.300 e. The number of hydrogen-bond donors (Lipinski definition) is 1. The lowest BCUT2D eigenvalue weighted by molar-refractivity contribution is -0.147. The Hall–Kier alpha value is -1.73. The molecular formula is C10H10N4O2S. The minimum absolute atomic E-state index is 0.197. The van der Waals surface area contributed by atoms with Gasteiger partial charge < -0.3 is 0 Å². The summed E-state index contributed by atoms with van der Waals surface area (Å²) in [6.45, 7) is 0.690. The quantitative estimate of drug-likeness (QED) is 0.753. The number of imidazole rings is 1. The first-order chi connectivity index (χ1) is 8.24. The van der Waals surface area contributed by atoms with Crippen LogP contribution in [-0.4, -0.2) is 39.2 Å². The number of nitrogens with one attached hydrogen (secondary N) is 1. The molecule has 1 aliphatic rings. The largest absolute Gasteiger partial charge is 0.300 e. The molecule has 0 bridgehead atoms. The Bertz CT molecular complexity index is 543. The van der Waals surface area contributed by atoms with E-state index in [0.717, 1.165) is 10.7 Å². The van der Waals surface area contributed by atoms with Crippen LogP contribution >= 0.6 is 11.3 Å². The Morgan fingerprint density at radius 3 is 2.82 bits per heavy atom. The van der Waals surface area contributed by atoms with Gasteiger partial charge in [-0.05, 0) is 0 Å². The van der Waals surface area contributed by atoms with Crippen LogP contribution in [0.15, 0.2) is 17.8 Å². The number of piperazine rings is 1. The molecule has 0 aromatic carbocycles. The fraction of sp³-hybridized carbons (Fsp3) is 0.300. The molecule has 3 rings (SSSR count). The maximum Gasteiger partial charge on any atom is 0.243 e. The molecule has 0 atom stereocenters. The van der Waals surface area contributed by atoms with Gasteiger partial charge in [0.1, 0.15) is 0 Å². The van der Waals surface area contributed by atoms with Crippen LogP contribution in [0.5, 0.6) is 0 Å². The van der Waals surface area contributed by atoms with E-state index in [1.807, 2.05) is 22.2 Å². The van der Waals surface area contributed by atoms with Gasteiger partial charge in [-0.15, -0.1) is 11.3 Å². The van der Waals surface area contributed by atoms with Crippen molar-refractivity contribution in [3.05, 3.63) is 23.5 Å². The summed E-state index contributed by atoms with van der Waals surface area (Å²) in [5.74, 6) is -0.393. The molecule has 6 nitrogen and oxygen atoms in total. The lowest BCUT2D eigenvalue weighted by Gasteiger charge is -2.24. The van der Waals surface area contributed by atoms with Crippen molar-refractivity contribution in [3.63, 3.8) is 0 Å². The van der Waals surface area contributed by atoms with Gasteiger partial charge in [-0.3, -0.25) is 24.2 Å². The number of aromatic nitrogens is 2. The fourth-order valence-electron chi connectivity index (χ4n) is 1.80. The summed E-state index contributed by atoms with van der Waals surface area (Å²) in [5.41, 5.74) is 0.737. The average Bonchev–Trinajstić information content (AvgIpc) is 2.83. The molecule has 0 radical (unpaired) electrons. The van der Waals surface area contributed by atoms with Crippen LogP contribution in [0.4, 0.5) is 0 Å². The monoisotopic (exact) mass is 250 g/mol. The summed E-state index contributed by atoms with van der Waals surface area (Å²) in [6, 6.07) is 0. The first-order valence-electron chi connectivity index (χ1n) is 5.19. The van der Waals surface area contributed by atoms with Gasteiger partial charge in [-0.2, -0.15) is 0 Å². The summed E-state index contributed by atoms with van der Waals surface area (Å²) in [7, 11) is 0. The number of thiazole rings is 1. The van der Waals surface area contributed by atoms with Crippen molar-refractivity contribution < 1.29 is 9.59 Å². The molecule has 3 heterocycles. The van der Waals surface area contributed by atoms with Crippen molar-refractivity contribution in [2.45, 2.75) is 6.54 Å². The number of rotatable bonds is 2. The summed E-state index contributed by atoms with van der Waals surface area (Å²) in [4.78, 5) is 29.6. The Labute approximate surface area is 101 Å². The molecule has 0 aliphatic carbocycles. The molecule has 0 unspecified atom stereocenters. The lowest BCUT2D eigenvalue weighted by atomic mass is 10.3. The van der Waals surface area contributed by atoms with Gasteiger partial charge in [-0.1, -0.05) is 0 Å². The van der Waals surface area contributed by atoms with Crippen molar-refractivity contribution >= 4 is 28.1 Å². The fourth-order valence-corrected chi connectivity index (χ4v) is 2.52. The Morgan fingerprint density at radius 2 is 2.12 bits per heavy atom. The lowest BCUT2D eigenvalue weighted by Crippen LogP contribution is -2.51. The number of nitrogens with zero attached hydrogens (tertiary/aromatic N) is 3. The van der Waals surface area contributed by atoms with E-state index in [9.17, 15) is 9.59 Å².